The van der Waals surface area contributed by atoms with Crippen LogP contribution < -0.4 is 14.8 Å². The van der Waals surface area contributed by atoms with Crippen LogP contribution in [0.4, 0.5) is 4.39 Å². The van der Waals surface area contributed by atoms with E-state index in [4.69, 9.17) is 9.47 Å². The fourth-order valence-electron chi connectivity index (χ4n) is 2.51. The number of hydrogen-bond acceptors (Lipinski definition) is 3. The maximum atomic E-state index is 13.6. The Morgan fingerprint density at radius 3 is 2.50 bits per heavy atom. The molecular formula is C21H26FNO3. The van der Waals surface area contributed by atoms with Gasteiger partial charge in [-0.2, -0.15) is 0 Å². The number of rotatable bonds is 10. The zero-order valence-corrected chi connectivity index (χ0v) is 15.3. The molecule has 0 bridgehead atoms. The van der Waals surface area contributed by atoms with Crippen molar-refractivity contribution in [2.75, 3.05) is 13.2 Å². The molecule has 2 aromatic carbocycles. The van der Waals surface area contributed by atoms with Crippen LogP contribution in [0.2, 0.25) is 0 Å². The summed E-state index contributed by atoms with van der Waals surface area (Å²) >= 11 is 0. The Labute approximate surface area is 154 Å². The van der Waals surface area contributed by atoms with E-state index in [2.05, 4.69) is 12.2 Å². The zero-order chi connectivity index (χ0) is 18.8. The van der Waals surface area contributed by atoms with Crippen molar-refractivity contribution in [2.45, 2.75) is 39.2 Å². The summed E-state index contributed by atoms with van der Waals surface area (Å²) in [6.45, 7) is 4.67. The number of amides is 1. The van der Waals surface area contributed by atoms with Crippen LogP contribution in [0.1, 0.15) is 32.3 Å². The van der Waals surface area contributed by atoms with E-state index in [-0.39, 0.29) is 11.7 Å². The Morgan fingerprint density at radius 2 is 1.85 bits per heavy atom. The van der Waals surface area contributed by atoms with E-state index < -0.39 is 11.9 Å². The molecule has 2 rings (SSSR count). The molecule has 4 nitrogen and oxygen atoms in total. The maximum Gasteiger partial charge on any atom is 0.261 e. The largest absolute Gasteiger partial charge is 0.492 e. The summed E-state index contributed by atoms with van der Waals surface area (Å²) in [6.07, 6.45) is 1.87. The first kappa shape index (κ1) is 19.8. The second-order valence-corrected chi connectivity index (χ2v) is 5.98. The molecule has 2 aromatic rings. The van der Waals surface area contributed by atoms with Crippen molar-refractivity contribution in [3.63, 3.8) is 0 Å². The standard InChI is InChI=1S/C21H26FNO3/c1-3-7-16-10-12-17(13-11-16)25-15-14-23-21(24)19(4-2)26-20-9-6-5-8-18(20)22/h5-6,8-13,19H,3-4,7,14-15H2,1-2H3,(H,23,24). The quantitative estimate of drug-likeness (QED) is 0.649. The average molecular weight is 359 g/mol. The minimum atomic E-state index is -0.736. The molecule has 1 amide bonds. The Bertz CT molecular complexity index is 688. The summed E-state index contributed by atoms with van der Waals surface area (Å²) < 4.78 is 24.7. The number of carbonyl (C=O) groups is 1. The van der Waals surface area contributed by atoms with Gasteiger partial charge in [0.05, 0.1) is 6.54 Å². The number of aryl methyl sites for hydroxylation is 1. The van der Waals surface area contributed by atoms with Crippen LogP contribution in [-0.2, 0) is 11.2 Å². The molecule has 1 N–H and O–H groups in total. The average Bonchev–Trinajstić information content (AvgIpc) is 2.66. The monoisotopic (exact) mass is 359 g/mol. The van der Waals surface area contributed by atoms with Crippen molar-refractivity contribution in [3.8, 4) is 11.5 Å². The summed E-state index contributed by atoms with van der Waals surface area (Å²) in [5.74, 6) is 0.0953. The molecule has 0 saturated heterocycles. The molecule has 0 aliphatic heterocycles. The van der Waals surface area contributed by atoms with Crippen LogP contribution >= 0.6 is 0 Å². The first-order valence-electron chi connectivity index (χ1n) is 9.04. The Balaban J connectivity index is 1.75. The normalized spacial score (nSPS) is 11.7. The molecular weight excluding hydrogens is 333 g/mol. The molecule has 0 radical (unpaired) electrons. The molecule has 0 aliphatic carbocycles. The molecule has 26 heavy (non-hydrogen) atoms. The summed E-state index contributed by atoms with van der Waals surface area (Å²) in [6, 6.07) is 14.0. The Morgan fingerprint density at radius 1 is 1.12 bits per heavy atom. The second-order valence-electron chi connectivity index (χ2n) is 5.98. The predicted molar refractivity (Wildman–Crippen MR) is 100 cm³/mol. The molecule has 5 heteroatoms. The van der Waals surface area contributed by atoms with Crippen LogP contribution in [0.25, 0.3) is 0 Å². The first-order valence-corrected chi connectivity index (χ1v) is 9.04. The molecule has 0 aliphatic rings. The topological polar surface area (TPSA) is 47.6 Å². The molecule has 0 fully saturated rings. The third kappa shape index (κ3) is 6.06. The smallest absolute Gasteiger partial charge is 0.261 e. The maximum absolute atomic E-state index is 13.6. The first-order chi connectivity index (χ1) is 12.6. The van der Waals surface area contributed by atoms with Gasteiger partial charge in [-0.25, -0.2) is 4.39 Å². The lowest BCUT2D eigenvalue weighted by molar-refractivity contribution is -0.128. The zero-order valence-electron chi connectivity index (χ0n) is 15.3. The lowest BCUT2D eigenvalue weighted by Crippen LogP contribution is -2.39. The third-order valence-electron chi connectivity index (χ3n) is 3.90. The number of carbonyl (C=O) groups excluding carboxylic acids is 1. The summed E-state index contributed by atoms with van der Waals surface area (Å²) in [4.78, 5) is 12.2. The highest BCUT2D eigenvalue weighted by Gasteiger charge is 2.19. The van der Waals surface area contributed by atoms with Gasteiger partial charge in [-0.3, -0.25) is 4.79 Å². The van der Waals surface area contributed by atoms with Crippen molar-refractivity contribution in [3.05, 3.63) is 59.9 Å². The SMILES string of the molecule is CCCc1ccc(OCCNC(=O)C(CC)Oc2ccccc2F)cc1. The van der Waals surface area contributed by atoms with Crippen molar-refractivity contribution >= 4 is 5.91 Å². The summed E-state index contributed by atoms with van der Waals surface area (Å²) in [5.41, 5.74) is 1.28. The Hall–Kier alpha value is -2.56. The van der Waals surface area contributed by atoms with E-state index in [1.165, 1.54) is 17.7 Å². The van der Waals surface area contributed by atoms with Crippen LogP contribution in [-0.4, -0.2) is 25.2 Å². The van der Waals surface area contributed by atoms with E-state index in [0.29, 0.717) is 19.6 Å². The third-order valence-corrected chi connectivity index (χ3v) is 3.90. The lowest BCUT2D eigenvalue weighted by Gasteiger charge is -2.17. The van der Waals surface area contributed by atoms with E-state index in [1.807, 2.05) is 31.2 Å². The van der Waals surface area contributed by atoms with Gasteiger partial charge in [0.1, 0.15) is 12.4 Å². The lowest BCUT2D eigenvalue weighted by atomic mass is 10.1. The molecule has 1 atom stereocenters. The predicted octanol–water partition coefficient (Wildman–Crippen LogP) is 4.13. The van der Waals surface area contributed by atoms with Gasteiger partial charge in [-0.1, -0.05) is 44.5 Å². The molecule has 0 spiro atoms. The van der Waals surface area contributed by atoms with Crippen LogP contribution in [0, 0.1) is 5.82 Å². The number of hydrogen-bond donors (Lipinski definition) is 1. The minimum absolute atomic E-state index is 0.0814. The van der Waals surface area contributed by atoms with E-state index in [0.717, 1.165) is 18.6 Å². The molecule has 0 aromatic heterocycles. The Kier molecular flexibility index (Phi) is 7.93. The van der Waals surface area contributed by atoms with E-state index >= 15 is 0 Å². The van der Waals surface area contributed by atoms with Crippen molar-refractivity contribution in [1.29, 1.82) is 0 Å². The fourth-order valence-corrected chi connectivity index (χ4v) is 2.51. The van der Waals surface area contributed by atoms with Crippen molar-refractivity contribution < 1.29 is 18.7 Å². The van der Waals surface area contributed by atoms with Gasteiger partial charge < -0.3 is 14.8 Å². The molecule has 0 heterocycles. The van der Waals surface area contributed by atoms with Gasteiger partial charge >= 0.3 is 0 Å². The van der Waals surface area contributed by atoms with Gasteiger partial charge in [-0.05, 0) is 42.7 Å². The number of nitrogens with one attached hydrogen (secondary N) is 1. The summed E-state index contributed by atoms with van der Waals surface area (Å²) in [5, 5.41) is 2.76. The van der Waals surface area contributed by atoms with Crippen molar-refractivity contribution in [1.82, 2.24) is 5.32 Å². The van der Waals surface area contributed by atoms with Crippen molar-refractivity contribution in [2.24, 2.45) is 0 Å². The molecule has 140 valence electrons. The minimum Gasteiger partial charge on any atom is -0.492 e. The number of para-hydroxylation sites is 1. The summed E-state index contributed by atoms with van der Waals surface area (Å²) in [7, 11) is 0. The van der Waals surface area contributed by atoms with Gasteiger partial charge in [-0.15, -0.1) is 0 Å². The van der Waals surface area contributed by atoms with Gasteiger partial charge in [0.2, 0.25) is 0 Å². The van der Waals surface area contributed by atoms with Gasteiger partial charge in [0.25, 0.3) is 5.91 Å². The number of halogens is 1. The number of benzene rings is 2. The van der Waals surface area contributed by atoms with E-state index in [9.17, 15) is 9.18 Å². The van der Waals surface area contributed by atoms with Crippen LogP contribution in [0.5, 0.6) is 11.5 Å². The molecule has 0 saturated carbocycles. The van der Waals surface area contributed by atoms with Gasteiger partial charge in [0.15, 0.2) is 17.7 Å². The van der Waals surface area contributed by atoms with Gasteiger partial charge in [0, 0.05) is 0 Å². The fraction of sp³-hybridized carbons (Fsp3) is 0.381. The van der Waals surface area contributed by atoms with E-state index in [1.54, 1.807) is 12.1 Å². The molecule has 1 unspecified atom stereocenters. The van der Waals surface area contributed by atoms with Crippen LogP contribution in [0.3, 0.4) is 0 Å². The highest BCUT2D eigenvalue weighted by atomic mass is 19.1. The van der Waals surface area contributed by atoms with Crippen LogP contribution in [0.15, 0.2) is 48.5 Å². The highest BCUT2D eigenvalue weighted by Crippen LogP contribution is 2.18. The highest BCUT2D eigenvalue weighted by molar-refractivity contribution is 5.81. The second kappa shape index (κ2) is 10.4. The number of ether oxygens (including phenoxy) is 2.